The number of pyridine rings is 1. The van der Waals surface area contributed by atoms with Crippen molar-refractivity contribution in [3.63, 3.8) is 0 Å². The lowest BCUT2D eigenvalue weighted by Crippen LogP contribution is -2.30. The molecule has 2 N–H and O–H groups in total. The minimum Gasteiger partial charge on any atom is -0.497 e. The lowest BCUT2D eigenvalue weighted by Gasteiger charge is -2.09. The summed E-state index contributed by atoms with van der Waals surface area (Å²) in [6.07, 6.45) is 2.54. The molecule has 5 nitrogen and oxygen atoms in total. The van der Waals surface area contributed by atoms with Gasteiger partial charge in [0, 0.05) is 24.1 Å². The molecule has 5 heteroatoms. The minimum absolute atomic E-state index is 0.217. The number of hydrogen-bond acceptors (Lipinski definition) is 3. The van der Waals surface area contributed by atoms with Crippen molar-refractivity contribution in [1.29, 1.82) is 0 Å². The van der Waals surface area contributed by atoms with Gasteiger partial charge < -0.3 is 15.4 Å². The average Bonchev–Trinajstić information content (AvgIpc) is 2.69. The largest absolute Gasteiger partial charge is 0.497 e. The first kappa shape index (κ1) is 18.5. The molecule has 0 saturated heterocycles. The number of carbonyl (C=O) groups is 1. The zero-order valence-corrected chi connectivity index (χ0v) is 15.5. The van der Waals surface area contributed by atoms with Gasteiger partial charge in [-0.15, -0.1) is 0 Å². The van der Waals surface area contributed by atoms with E-state index in [9.17, 15) is 4.79 Å². The number of hydrogen-bond donors (Lipinski definition) is 2. The summed E-state index contributed by atoms with van der Waals surface area (Å²) in [6.45, 7) is 2.52. The van der Waals surface area contributed by atoms with Gasteiger partial charge in [0.1, 0.15) is 5.75 Å². The van der Waals surface area contributed by atoms with Crippen LogP contribution in [0.1, 0.15) is 11.3 Å². The van der Waals surface area contributed by atoms with E-state index in [0.29, 0.717) is 6.54 Å². The van der Waals surface area contributed by atoms with Gasteiger partial charge in [-0.3, -0.25) is 4.98 Å². The fourth-order valence-electron chi connectivity index (χ4n) is 2.79. The summed E-state index contributed by atoms with van der Waals surface area (Å²) in [5.74, 6) is 0.821. The van der Waals surface area contributed by atoms with E-state index >= 15 is 0 Å². The molecule has 0 fully saturated rings. The Morgan fingerprint density at radius 3 is 2.59 bits per heavy atom. The van der Waals surface area contributed by atoms with Crippen molar-refractivity contribution in [1.82, 2.24) is 10.3 Å². The number of amides is 2. The third-order valence-electron chi connectivity index (χ3n) is 4.21. The Bertz CT molecular complexity index is 907. The number of urea groups is 1. The molecule has 0 aliphatic rings. The van der Waals surface area contributed by atoms with Gasteiger partial charge in [-0.05, 0) is 66.4 Å². The van der Waals surface area contributed by atoms with Gasteiger partial charge >= 0.3 is 6.03 Å². The van der Waals surface area contributed by atoms with Crippen LogP contribution in [0.15, 0.2) is 66.9 Å². The van der Waals surface area contributed by atoms with Crippen LogP contribution >= 0.6 is 0 Å². The van der Waals surface area contributed by atoms with Crippen molar-refractivity contribution in [2.75, 3.05) is 19.0 Å². The number of anilines is 1. The molecule has 0 spiro atoms. The smallest absolute Gasteiger partial charge is 0.319 e. The number of ether oxygens (including phenoxy) is 1. The second kappa shape index (κ2) is 8.85. The fraction of sp³-hybridized carbons (Fsp3) is 0.182. The summed E-state index contributed by atoms with van der Waals surface area (Å²) >= 11 is 0. The van der Waals surface area contributed by atoms with Crippen LogP contribution in [0, 0.1) is 6.92 Å². The first-order chi connectivity index (χ1) is 13.1. The number of nitrogens with one attached hydrogen (secondary N) is 2. The van der Waals surface area contributed by atoms with Crippen molar-refractivity contribution < 1.29 is 9.53 Å². The zero-order chi connectivity index (χ0) is 19.1. The molecule has 0 saturated carbocycles. The summed E-state index contributed by atoms with van der Waals surface area (Å²) in [5.41, 5.74) is 5.04. The van der Waals surface area contributed by atoms with Crippen molar-refractivity contribution in [2.45, 2.75) is 13.3 Å². The Morgan fingerprint density at radius 1 is 1.04 bits per heavy atom. The molecule has 0 unspecified atom stereocenters. The Balaban J connectivity index is 1.50. The molecular weight excluding hydrogens is 338 g/mol. The molecule has 0 radical (unpaired) electrons. The number of methoxy groups -OCH3 is 1. The van der Waals surface area contributed by atoms with E-state index in [0.717, 1.165) is 40.2 Å². The van der Waals surface area contributed by atoms with E-state index in [-0.39, 0.29) is 6.03 Å². The van der Waals surface area contributed by atoms with Gasteiger partial charge in [0.25, 0.3) is 0 Å². The lowest BCUT2D eigenvalue weighted by molar-refractivity contribution is 0.252. The second-order valence-corrected chi connectivity index (χ2v) is 6.25. The maximum Gasteiger partial charge on any atom is 0.319 e. The third kappa shape index (κ3) is 5.31. The Morgan fingerprint density at radius 2 is 1.85 bits per heavy atom. The summed E-state index contributed by atoms with van der Waals surface area (Å²) < 4.78 is 5.21. The number of benzene rings is 2. The molecule has 0 aliphatic heterocycles. The van der Waals surface area contributed by atoms with Crippen molar-refractivity contribution in [2.24, 2.45) is 0 Å². The van der Waals surface area contributed by atoms with E-state index < -0.39 is 0 Å². The molecule has 2 aromatic carbocycles. The molecule has 0 aliphatic carbocycles. The van der Waals surface area contributed by atoms with Crippen LogP contribution < -0.4 is 15.4 Å². The van der Waals surface area contributed by atoms with Crippen LogP contribution in [0.4, 0.5) is 10.5 Å². The Hall–Kier alpha value is -3.34. The van der Waals surface area contributed by atoms with Gasteiger partial charge in [0.2, 0.25) is 0 Å². The third-order valence-corrected chi connectivity index (χ3v) is 4.21. The number of nitrogens with zero attached hydrogens (tertiary/aromatic N) is 1. The zero-order valence-electron chi connectivity index (χ0n) is 15.5. The van der Waals surface area contributed by atoms with Crippen LogP contribution in [-0.2, 0) is 6.42 Å². The standard InChI is InChI=1S/C22H23N3O2/c1-16-14-19(11-13-23-16)18-6-8-20(9-7-18)25-22(26)24-12-10-17-4-3-5-21(15-17)27-2/h3-9,11,13-15H,10,12H2,1-2H3,(H2,24,25,26). The van der Waals surface area contributed by atoms with Gasteiger partial charge in [0.05, 0.1) is 7.11 Å². The normalized spacial score (nSPS) is 10.3. The molecule has 3 rings (SSSR count). The SMILES string of the molecule is COc1cccc(CCNC(=O)Nc2ccc(-c3ccnc(C)c3)cc2)c1. The van der Waals surface area contributed by atoms with Crippen molar-refractivity contribution >= 4 is 11.7 Å². The molecular formula is C22H23N3O2. The van der Waals surface area contributed by atoms with Gasteiger partial charge in [-0.2, -0.15) is 0 Å². The van der Waals surface area contributed by atoms with E-state index in [2.05, 4.69) is 15.6 Å². The molecule has 2 amide bonds. The number of rotatable bonds is 6. The van der Waals surface area contributed by atoms with E-state index in [1.54, 1.807) is 13.3 Å². The minimum atomic E-state index is -0.217. The van der Waals surface area contributed by atoms with Crippen LogP contribution in [0.2, 0.25) is 0 Å². The molecule has 1 aromatic heterocycles. The number of aryl methyl sites for hydroxylation is 1. The van der Waals surface area contributed by atoms with Crippen LogP contribution in [0.25, 0.3) is 11.1 Å². The van der Waals surface area contributed by atoms with Gasteiger partial charge in [-0.25, -0.2) is 4.79 Å². The fourth-order valence-corrected chi connectivity index (χ4v) is 2.79. The number of carbonyl (C=O) groups excluding carboxylic acids is 1. The Labute approximate surface area is 159 Å². The summed E-state index contributed by atoms with van der Waals surface area (Å²) in [5, 5.41) is 5.73. The predicted octanol–water partition coefficient (Wildman–Crippen LogP) is 4.43. The molecule has 27 heavy (non-hydrogen) atoms. The topological polar surface area (TPSA) is 63.2 Å². The highest BCUT2D eigenvalue weighted by atomic mass is 16.5. The van der Waals surface area contributed by atoms with E-state index in [4.69, 9.17) is 4.74 Å². The predicted molar refractivity (Wildman–Crippen MR) is 108 cm³/mol. The molecule has 0 bridgehead atoms. The van der Waals surface area contributed by atoms with Crippen molar-refractivity contribution in [3.8, 4) is 16.9 Å². The first-order valence-electron chi connectivity index (χ1n) is 8.85. The van der Waals surface area contributed by atoms with Gasteiger partial charge in [0.15, 0.2) is 0 Å². The van der Waals surface area contributed by atoms with E-state index in [1.165, 1.54) is 0 Å². The highest BCUT2D eigenvalue weighted by molar-refractivity contribution is 5.89. The maximum atomic E-state index is 12.1. The first-order valence-corrected chi connectivity index (χ1v) is 8.85. The van der Waals surface area contributed by atoms with Gasteiger partial charge in [-0.1, -0.05) is 24.3 Å². The summed E-state index contributed by atoms with van der Waals surface area (Å²) in [7, 11) is 1.64. The highest BCUT2D eigenvalue weighted by Crippen LogP contribution is 2.21. The summed E-state index contributed by atoms with van der Waals surface area (Å²) in [4.78, 5) is 16.3. The molecule has 3 aromatic rings. The van der Waals surface area contributed by atoms with Crippen molar-refractivity contribution in [3.05, 3.63) is 78.1 Å². The van der Waals surface area contributed by atoms with Crippen LogP contribution in [-0.4, -0.2) is 24.7 Å². The monoisotopic (exact) mass is 361 g/mol. The van der Waals surface area contributed by atoms with Crippen LogP contribution in [0.3, 0.4) is 0 Å². The quantitative estimate of drug-likeness (QED) is 0.683. The van der Waals surface area contributed by atoms with E-state index in [1.807, 2.05) is 67.6 Å². The molecule has 1 heterocycles. The molecule has 138 valence electrons. The highest BCUT2D eigenvalue weighted by Gasteiger charge is 2.03. The molecule has 0 atom stereocenters. The lowest BCUT2D eigenvalue weighted by atomic mass is 10.1. The van der Waals surface area contributed by atoms with Crippen LogP contribution in [0.5, 0.6) is 5.75 Å². The Kier molecular flexibility index (Phi) is 6.05. The maximum absolute atomic E-state index is 12.1. The second-order valence-electron chi connectivity index (χ2n) is 6.25. The average molecular weight is 361 g/mol. The summed E-state index contributed by atoms with van der Waals surface area (Å²) in [6, 6.07) is 19.4. The number of aromatic nitrogens is 1.